The van der Waals surface area contributed by atoms with Crippen LogP contribution in [0.3, 0.4) is 0 Å². The van der Waals surface area contributed by atoms with E-state index >= 15 is 0 Å². The Bertz CT molecular complexity index is 923. The van der Waals surface area contributed by atoms with Crippen LogP contribution in [0.25, 0.3) is 33.1 Å². The van der Waals surface area contributed by atoms with E-state index in [2.05, 4.69) is 15.1 Å². The summed E-state index contributed by atoms with van der Waals surface area (Å²) in [5.41, 5.74) is 7.22. The van der Waals surface area contributed by atoms with E-state index in [4.69, 9.17) is 10.3 Å². The monoisotopic (exact) mass is 294 g/mol. The first-order valence-electron chi connectivity index (χ1n) is 6.34. The second-order valence-corrected chi connectivity index (χ2v) is 5.43. The fraction of sp³-hybridized carbons (Fsp3) is 0. The van der Waals surface area contributed by atoms with Gasteiger partial charge in [-0.3, -0.25) is 4.98 Å². The molecule has 0 saturated carbocycles. The van der Waals surface area contributed by atoms with Crippen LogP contribution in [-0.2, 0) is 0 Å². The van der Waals surface area contributed by atoms with Crippen molar-refractivity contribution >= 4 is 27.8 Å². The molecule has 5 nitrogen and oxygen atoms in total. The minimum Gasteiger partial charge on any atom is -0.397 e. The summed E-state index contributed by atoms with van der Waals surface area (Å²) in [6, 6.07) is 11.7. The summed E-state index contributed by atoms with van der Waals surface area (Å²) in [4.78, 5) is 9.59. The van der Waals surface area contributed by atoms with E-state index in [-0.39, 0.29) is 0 Å². The Kier molecular flexibility index (Phi) is 2.68. The minimum absolute atomic E-state index is 0.423. The van der Waals surface area contributed by atoms with Gasteiger partial charge in [-0.05, 0) is 22.9 Å². The zero-order valence-corrected chi connectivity index (χ0v) is 11.7. The molecule has 3 heterocycles. The molecule has 6 heteroatoms. The Labute approximate surface area is 124 Å². The van der Waals surface area contributed by atoms with Gasteiger partial charge in [-0.2, -0.15) is 4.98 Å². The zero-order chi connectivity index (χ0) is 14.2. The van der Waals surface area contributed by atoms with Gasteiger partial charge >= 0.3 is 0 Å². The summed E-state index contributed by atoms with van der Waals surface area (Å²) in [6.45, 7) is 0. The Balaban J connectivity index is 1.87. The molecule has 0 aliphatic heterocycles. The van der Waals surface area contributed by atoms with Crippen LogP contribution in [0.2, 0.25) is 0 Å². The average molecular weight is 294 g/mol. The molecular weight excluding hydrogens is 284 g/mol. The quantitative estimate of drug-likeness (QED) is 0.611. The van der Waals surface area contributed by atoms with Crippen molar-refractivity contribution < 1.29 is 4.52 Å². The van der Waals surface area contributed by atoms with Crippen molar-refractivity contribution in [2.24, 2.45) is 0 Å². The summed E-state index contributed by atoms with van der Waals surface area (Å²) in [5.74, 6) is 0.891. The first kappa shape index (κ1) is 12.0. The summed E-state index contributed by atoms with van der Waals surface area (Å²) in [6.07, 6.45) is 1.74. The fourth-order valence-electron chi connectivity index (χ4n) is 2.20. The lowest BCUT2D eigenvalue weighted by Crippen LogP contribution is -1.88. The van der Waals surface area contributed by atoms with Crippen molar-refractivity contribution in [3.05, 3.63) is 48.0 Å². The SMILES string of the molecule is Nc1ccsc1-c1nc(-c2nccc3ccccc23)no1. The third-order valence-electron chi connectivity index (χ3n) is 3.20. The van der Waals surface area contributed by atoms with Gasteiger partial charge in [-0.25, -0.2) is 0 Å². The number of nitrogens with two attached hydrogens (primary N) is 1. The molecule has 1 aromatic carbocycles. The molecule has 0 aliphatic carbocycles. The van der Waals surface area contributed by atoms with Gasteiger partial charge in [0.1, 0.15) is 10.6 Å². The van der Waals surface area contributed by atoms with E-state index in [0.717, 1.165) is 15.6 Å². The van der Waals surface area contributed by atoms with Gasteiger partial charge in [0.15, 0.2) is 0 Å². The summed E-state index contributed by atoms with van der Waals surface area (Å²) in [7, 11) is 0. The molecule has 4 aromatic rings. The van der Waals surface area contributed by atoms with Crippen molar-refractivity contribution in [2.75, 3.05) is 5.73 Å². The molecule has 0 radical (unpaired) electrons. The molecule has 3 aromatic heterocycles. The van der Waals surface area contributed by atoms with Gasteiger partial charge in [-0.15, -0.1) is 11.3 Å². The third-order valence-corrected chi connectivity index (χ3v) is 4.12. The highest BCUT2D eigenvalue weighted by Crippen LogP contribution is 2.32. The van der Waals surface area contributed by atoms with Gasteiger partial charge in [0.2, 0.25) is 5.82 Å². The van der Waals surface area contributed by atoms with Crippen LogP contribution < -0.4 is 5.73 Å². The van der Waals surface area contributed by atoms with Crippen molar-refractivity contribution in [3.63, 3.8) is 0 Å². The number of hydrogen-bond donors (Lipinski definition) is 1. The Morgan fingerprint density at radius 2 is 2.00 bits per heavy atom. The van der Waals surface area contributed by atoms with Crippen LogP contribution in [-0.4, -0.2) is 15.1 Å². The maximum Gasteiger partial charge on any atom is 0.270 e. The second-order valence-electron chi connectivity index (χ2n) is 4.51. The van der Waals surface area contributed by atoms with Gasteiger partial charge in [-0.1, -0.05) is 29.4 Å². The molecule has 0 fully saturated rings. The molecule has 2 N–H and O–H groups in total. The number of nitrogens with zero attached hydrogens (tertiary/aromatic N) is 3. The van der Waals surface area contributed by atoms with E-state index in [1.807, 2.05) is 41.8 Å². The van der Waals surface area contributed by atoms with E-state index < -0.39 is 0 Å². The maximum atomic E-state index is 5.88. The minimum atomic E-state index is 0.423. The summed E-state index contributed by atoms with van der Waals surface area (Å²) >= 11 is 1.47. The molecule has 0 atom stereocenters. The van der Waals surface area contributed by atoms with Crippen molar-refractivity contribution in [3.8, 4) is 22.3 Å². The van der Waals surface area contributed by atoms with Crippen LogP contribution in [0, 0.1) is 0 Å². The number of benzene rings is 1. The predicted octanol–water partition coefficient (Wildman–Crippen LogP) is 3.60. The molecule has 0 unspecified atom stereocenters. The largest absolute Gasteiger partial charge is 0.397 e. The molecule has 21 heavy (non-hydrogen) atoms. The molecule has 4 rings (SSSR count). The molecule has 0 spiro atoms. The third kappa shape index (κ3) is 1.96. The average Bonchev–Trinajstić information content (AvgIpc) is 3.15. The van der Waals surface area contributed by atoms with E-state index in [1.165, 1.54) is 11.3 Å². The second kappa shape index (κ2) is 4.68. The number of rotatable bonds is 2. The first-order chi connectivity index (χ1) is 10.3. The number of fused-ring (bicyclic) bond motifs is 1. The maximum absolute atomic E-state index is 5.88. The Hall–Kier alpha value is -2.73. The Morgan fingerprint density at radius 3 is 2.86 bits per heavy atom. The smallest absolute Gasteiger partial charge is 0.270 e. The molecule has 0 bridgehead atoms. The number of aromatic nitrogens is 3. The predicted molar refractivity (Wildman–Crippen MR) is 82.8 cm³/mol. The molecule has 102 valence electrons. The van der Waals surface area contributed by atoms with Crippen LogP contribution in [0.1, 0.15) is 0 Å². The summed E-state index contributed by atoms with van der Waals surface area (Å²) < 4.78 is 5.32. The van der Waals surface area contributed by atoms with Gasteiger partial charge in [0, 0.05) is 11.6 Å². The highest BCUT2D eigenvalue weighted by Gasteiger charge is 2.16. The van der Waals surface area contributed by atoms with Crippen LogP contribution in [0.15, 0.2) is 52.5 Å². The zero-order valence-electron chi connectivity index (χ0n) is 10.9. The summed E-state index contributed by atoms with van der Waals surface area (Å²) in [5, 5.41) is 8.01. The standard InChI is InChI=1S/C15H10N4OS/c16-11-6-8-21-13(11)15-18-14(19-20-15)12-10-4-2-1-3-9(10)5-7-17-12/h1-8H,16H2. The molecule has 0 amide bonds. The van der Waals surface area contributed by atoms with Crippen LogP contribution in [0.5, 0.6) is 0 Å². The normalized spacial score (nSPS) is 11.0. The lowest BCUT2D eigenvalue weighted by Gasteiger charge is -2.00. The highest BCUT2D eigenvalue weighted by molar-refractivity contribution is 7.14. The van der Waals surface area contributed by atoms with Gasteiger partial charge in [0.05, 0.1) is 5.69 Å². The van der Waals surface area contributed by atoms with E-state index in [0.29, 0.717) is 23.1 Å². The number of thiophene rings is 1. The molecular formula is C15H10N4OS. The van der Waals surface area contributed by atoms with Crippen LogP contribution >= 0.6 is 11.3 Å². The molecule has 0 saturated heterocycles. The fourth-order valence-corrected chi connectivity index (χ4v) is 2.94. The van der Waals surface area contributed by atoms with Gasteiger partial charge in [0.25, 0.3) is 5.89 Å². The van der Waals surface area contributed by atoms with Gasteiger partial charge < -0.3 is 10.3 Å². The lowest BCUT2D eigenvalue weighted by atomic mass is 10.1. The van der Waals surface area contributed by atoms with Crippen molar-refractivity contribution in [1.82, 2.24) is 15.1 Å². The number of pyridine rings is 1. The highest BCUT2D eigenvalue weighted by atomic mass is 32.1. The van der Waals surface area contributed by atoms with Crippen molar-refractivity contribution in [2.45, 2.75) is 0 Å². The van der Waals surface area contributed by atoms with E-state index in [9.17, 15) is 0 Å². The number of nitrogen functional groups attached to an aromatic ring is 1. The van der Waals surface area contributed by atoms with Crippen LogP contribution in [0.4, 0.5) is 5.69 Å². The number of anilines is 1. The van der Waals surface area contributed by atoms with Crippen molar-refractivity contribution in [1.29, 1.82) is 0 Å². The Morgan fingerprint density at radius 1 is 1.10 bits per heavy atom. The topological polar surface area (TPSA) is 77.8 Å². The first-order valence-corrected chi connectivity index (χ1v) is 7.22. The molecule has 0 aliphatic rings. The number of hydrogen-bond acceptors (Lipinski definition) is 6. The van der Waals surface area contributed by atoms with E-state index in [1.54, 1.807) is 6.20 Å². The lowest BCUT2D eigenvalue weighted by molar-refractivity contribution is 0.433.